The third-order valence-corrected chi connectivity index (χ3v) is 4.51. The number of nitrogens with zero attached hydrogens (tertiary/aromatic N) is 1. The predicted octanol–water partition coefficient (Wildman–Crippen LogP) is 1.94. The molecule has 8 nitrogen and oxygen atoms in total. The van der Waals surface area contributed by atoms with E-state index in [0.29, 0.717) is 35.8 Å². The summed E-state index contributed by atoms with van der Waals surface area (Å²) in [5.41, 5.74) is 6.83. The van der Waals surface area contributed by atoms with Crippen LogP contribution in [-0.2, 0) is 9.59 Å². The number of amides is 3. The fourth-order valence-electron chi connectivity index (χ4n) is 3.09. The molecule has 4 N–H and O–H groups in total. The highest BCUT2D eigenvalue weighted by molar-refractivity contribution is 6.04. The number of anilines is 2. The van der Waals surface area contributed by atoms with E-state index in [1.165, 1.54) is 0 Å². The third-order valence-electron chi connectivity index (χ3n) is 4.51. The maximum absolute atomic E-state index is 12.5. The van der Waals surface area contributed by atoms with Gasteiger partial charge >= 0.3 is 0 Å². The van der Waals surface area contributed by atoms with Crippen molar-refractivity contribution in [3.63, 3.8) is 0 Å². The number of ether oxygens (including phenoxy) is 1. The minimum absolute atomic E-state index is 0. The number of para-hydroxylation sites is 3. The highest BCUT2D eigenvalue weighted by Gasteiger charge is 2.31. The Morgan fingerprint density at radius 3 is 2.60 bits per heavy atom. The smallest absolute Gasteiger partial charge is 0.267 e. The van der Waals surface area contributed by atoms with Crippen molar-refractivity contribution in [3.05, 3.63) is 54.1 Å². The lowest BCUT2D eigenvalue weighted by Gasteiger charge is -2.32. The summed E-state index contributed by atoms with van der Waals surface area (Å²) in [5, 5.41) is 5.44. The predicted molar refractivity (Wildman–Crippen MR) is 117 cm³/mol. The van der Waals surface area contributed by atoms with Gasteiger partial charge in [-0.15, -0.1) is 12.4 Å². The second kappa shape index (κ2) is 10.6. The van der Waals surface area contributed by atoms with Gasteiger partial charge in [-0.25, -0.2) is 0 Å². The van der Waals surface area contributed by atoms with Crippen molar-refractivity contribution < 1.29 is 19.1 Å². The van der Waals surface area contributed by atoms with Crippen molar-refractivity contribution >= 4 is 41.5 Å². The Hall–Kier alpha value is -3.10. The molecule has 30 heavy (non-hydrogen) atoms. The quantitative estimate of drug-likeness (QED) is 0.618. The van der Waals surface area contributed by atoms with Gasteiger partial charge in [0.25, 0.3) is 11.8 Å². The van der Waals surface area contributed by atoms with Crippen LogP contribution in [0.2, 0.25) is 0 Å². The molecule has 0 saturated heterocycles. The maximum atomic E-state index is 12.5. The number of carbonyl (C=O) groups excluding carboxylic acids is 3. The summed E-state index contributed by atoms with van der Waals surface area (Å²) < 4.78 is 5.61. The van der Waals surface area contributed by atoms with Crippen molar-refractivity contribution in [3.8, 4) is 5.75 Å². The molecular formula is C21H25ClN4O4. The molecule has 2 aromatic rings. The summed E-state index contributed by atoms with van der Waals surface area (Å²) in [6, 6.07) is 14.0. The fraction of sp³-hybridized carbons (Fsp3) is 0.286. The summed E-state index contributed by atoms with van der Waals surface area (Å²) in [4.78, 5) is 38.8. The Morgan fingerprint density at radius 1 is 1.13 bits per heavy atom. The first-order chi connectivity index (χ1) is 14.0. The van der Waals surface area contributed by atoms with Crippen LogP contribution in [0.4, 0.5) is 11.4 Å². The molecule has 1 unspecified atom stereocenters. The number of carbonyl (C=O) groups is 3. The van der Waals surface area contributed by atoms with E-state index in [1.807, 2.05) is 12.1 Å². The molecule has 1 aliphatic rings. The zero-order valence-electron chi connectivity index (χ0n) is 16.6. The molecule has 0 aliphatic carbocycles. The Bertz CT molecular complexity index is 921. The van der Waals surface area contributed by atoms with Gasteiger partial charge in [-0.3, -0.25) is 14.4 Å². The molecule has 1 atom stereocenters. The van der Waals surface area contributed by atoms with Crippen molar-refractivity contribution in [1.29, 1.82) is 0 Å². The first-order valence-electron chi connectivity index (χ1n) is 9.45. The Labute approximate surface area is 181 Å². The van der Waals surface area contributed by atoms with E-state index in [-0.39, 0.29) is 43.1 Å². The van der Waals surface area contributed by atoms with Gasteiger partial charge < -0.3 is 26.0 Å². The average Bonchev–Trinajstić information content (AvgIpc) is 2.72. The number of hydrogen-bond acceptors (Lipinski definition) is 5. The second-order valence-corrected chi connectivity index (χ2v) is 6.61. The standard InChI is InChI=1S/C21H24N4O4.ClH/c1-14-21(28)25(17-8-4-5-9-18(17)29-14)13-10-19(26)24-16-7-3-2-6-15(16)20(27)23-12-11-22;/h2-9,14H,10-13,22H2,1H3,(H,23,27)(H,24,26);1H. The minimum Gasteiger partial charge on any atom is -0.479 e. The van der Waals surface area contributed by atoms with Crippen molar-refractivity contribution in [2.45, 2.75) is 19.4 Å². The van der Waals surface area contributed by atoms with Crippen molar-refractivity contribution in [2.24, 2.45) is 5.73 Å². The van der Waals surface area contributed by atoms with Crippen LogP contribution in [0, 0.1) is 0 Å². The molecule has 0 bridgehead atoms. The Balaban J connectivity index is 0.00000320. The summed E-state index contributed by atoms with van der Waals surface area (Å²) in [5.74, 6) is -0.189. The Morgan fingerprint density at radius 2 is 1.83 bits per heavy atom. The molecule has 2 aromatic carbocycles. The number of hydrogen-bond donors (Lipinski definition) is 3. The van der Waals surface area contributed by atoms with E-state index in [0.717, 1.165) is 0 Å². The highest BCUT2D eigenvalue weighted by atomic mass is 35.5. The van der Waals surface area contributed by atoms with Crippen LogP contribution >= 0.6 is 12.4 Å². The summed E-state index contributed by atoms with van der Waals surface area (Å²) in [6.45, 7) is 2.56. The van der Waals surface area contributed by atoms with Crippen LogP contribution in [0.1, 0.15) is 23.7 Å². The SMILES string of the molecule is CC1Oc2ccccc2N(CCC(=O)Nc2ccccc2C(=O)NCCN)C1=O.Cl. The van der Waals surface area contributed by atoms with E-state index < -0.39 is 6.10 Å². The number of fused-ring (bicyclic) bond motifs is 1. The van der Waals surface area contributed by atoms with Gasteiger partial charge in [0.1, 0.15) is 5.75 Å². The van der Waals surface area contributed by atoms with E-state index in [9.17, 15) is 14.4 Å². The molecular weight excluding hydrogens is 408 g/mol. The number of rotatable bonds is 7. The number of benzene rings is 2. The van der Waals surface area contributed by atoms with Gasteiger partial charge in [0.15, 0.2) is 6.10 Å². The van der Waals surface area contributed by atoms with Gasteiger partial charge in [-0.1, -0.05) is 24.3 Å². The van der Waals surface area contributed by atoms with Gasteiger partial charge in [0, 0.05) is 26.1 Å². The van der Waals surface area contributed by atoms with E-state index in [4.69, 9.17) is 10.5 Å². The molecule has 0 aromatic heterocycles. The molecule has 1 heterocycles. The van der Waals surface area contributed by atoms with Gasteiger partial charge in [0.2, 0.25) is 5.91 Å². The number of nitrogens with two attached hydrogens (primary N) is 1. The molecule has 0 spiro atoms. The molecule has 3 rings (SSSR count). The van der Waals surface area contributed by atoms with Crippen LogP contribution in [0.3, 0.4) is 0 Å². The van der Waals surface area contributed by atoms with E-state index in [2.05, 4.69) is 10.6 Å². The van der Waals surface area contributed by atoms with Gasteiger partial charge in [0.05, 0.1) is 16.9 Å². The molecule has 9 heteroatoms. The zero-order chi connectivity index (χ0) is 20.8. The largest absolute Gasteiger partial charge is 0.479 e. The fourth-order valence-corrected chi connectivity index (χ4v) is 3.09. The van der Waals surface area contributed by atoms with Gasteiger partial charge in [-0.2, -0.15) is 0 Å². The van der Waals surface area contributed by atoms with Crippen LogP contribution in [0.5, 0.6) is 5.75 Å². The van der Waals surface area contributed by atoms with Crippen molar-refractivity contribution in [2.75, 3.05) is 29.9 Å². The first kappa shape index (κ1) is 23.2. The van der Waals surface area contributed by atoms with Crippen molar-refractivity contribution in [1.82, 2.24) is 5.32 Å². The second-order valence-electron chi connectivity index (χ2n) is 6.61. The Kier molecular flexibility index (Phi) is 8.20. The van der Waals surface area contributed by atoms with E-state index >= 15 is 0 Å². The zero-order valence-corrected chi connectivity index (χ0v) is 17.4. The summed E-state index contributed by atoms with van der Waals surface area (Å²) in [7, 11) is 0. The molecule has 0 fully saturated rings. The lowest BCUT2D eigenvalue weighted by Crippen LogP contribution is -2.45. The summed E-state index contributed by atoms with van der Waals surface area (Å²) >= 11 is 0. The molecule has 160 valence electrons. The topological polar surface area (TPSA) is 114 Å². The summed E-state index contributed by atoms with van der Waals surface area (Å²) in [6.07, 6.45) is -0.536. The number of halogens is 1. The highest BCUT2D eigenvalue weighted by Crippen LogP contribution is 2.33. The van der Waals surface area contributed by atoms with Crippen LogP contribution in [0.25, 0.3) is 0 Å². The molecule has 3 amide bonds. The third kappa shape index (κ3) is 5.28. The lowest BCUT2D eigenvalue weighted by atomic mass is 10.1. The van der Waals surface area contributed by atoms with Crippen LogP contribution in [-0.4, -0.2) is 43.5 Å². The molecule has 0 saturated carbocycles. The monoisotopic (exact) mass is 432 g/mol. The van der Waals surface area contributed by atoms with Gasteiger partial charge in [-0.05, 0) is 31.2 Å². The normalized spacial score (nSPS) is 14.8. The first-order valence-corrected chi connectivity index (χ1v) is 9.45. The average molecular weight is 433 g/mol. The van der Waals surface area contributed by atoms with E-state index in [1.54, 1.807) is 48.2 Å². The van der Waals surface area contributed by atoms with Crippen LogP contribution < -0.4 is 26.0 Å². The lowest BCUT2D eigenvalue weighted by molar-refractivity contribution is -0.125. The molecule has 0 radical (unpaired) electrons. The minimum atomic E-state index is -0.611. The maximum Gasteiger partial charge on any atom is 0.267 e. The van der Waals surface area contributed by atoms with Crippen LogP contribution in [0.15, 0.2) is 48.5 Å². The molecule has 1 aliphatic heterocycles. The number of nitrogens with one attached hydrogen (secondary N) is 2.